The van der Waals surface area contributed by atoms with Gasteiger partial charge in [-0.2, -0.15) is 0 Å². The third-order valence-corrected chi connectivity index (χ3v) is 1.95. The summed E-state index contributed by atoms with van der Waals surface area (Å²) >= 11 is 0. The minimum Gasteiger partial charge on any atom is -0.386 e. The molecule has 66 valence electrons. The highest BCUT2D eigenvalue weighted by Crippen LogP contribution is 2.27. The van der Waals surface area contributed by atoms with Crippen molar-refractivity contribution in [3.8, 4) is 0 Å². The lowest BCUT2D eigenvalue weighted by atomic mass is 9.91. The highest BCUT2D eigenvalue weighted by atomic mass is 16.6. The minimum absolute atomic E-state index is 0.0775. The SMILES string of the molecule is O=C1CC(=O)C2=C(C1)C(=O)OC2=O. The van der Waals surface area contributed by atoms with Crippen molar-refractivity contribution in [2.24, 2.45) is 0 Å². The molecule has 0 aromatic carbocycles. The molecule has 2 aliphatic rings. The van der Waals surface area contributed by atoms with Crippen molar-refractivity contribution in [1.29, 1.82) is 0 Å². The number of ketones is 2. The van der Waals surface area contributed by atoms with Gasteiger partial charge in [-0.25, -0.2) is 9.59 Å². The number of hydrogen-bond acceptors (Lipinski definition) is 5. The summed E-state index contributed by atoms with van der Waals surface area (Å²) in [5.41, 5.74) is -0.309. The van der Waals surface area contributed by atoms with E-state index in [1.54, 1.807) is 0 Å². The van der Waals surface area contributed by atoms with Crippen molar-refractivity contribution in [2.45, 2.75) is 12.8 Å². The van der Waals surface area contributed by atoms with Crippen molar-refractivity contribution in [3.63, 3.8) is 0 Å². The maximum absolute atomic E-state index is 11.1. The number of cyclic esters (lactones) is 2. The maximum Gasteiger partial charge on any atom is 0.350 e. The van der Waals surface area contributed by atoms with E-state index in [0.29, 0.717) is 0 Å². The first-order chi connectivity index (χ1) is 6.09. The van der Waals surface area contributed by atoms with E-state index in [2.05, 4.69) is 4.74 Å². The Morgan fingerprint density at radius 1 is 0.923 bits per heavy atom. The summed E-state index contributed by atoms with van der Waals surface area (Å²) in [6.07, 6.45) is -0.465. The molecule has 5 nitrogen and oxygen atoms in total. The van der Waals surface area contributed by atoms with Gasteiger partial charge in [0.2, 0.25) is 0 Å². The molecule has 0 N–H and O–H groups in total. The Morgan fingerprint density at radius 2 is 1.62 bits per heavy atom. The third kappa shape index (κ3) is 1.00. The van der Waals surface area contributed by atoms with Crippen LogP contribution in [0.3, 0.4) is 0 Å². The highest BCUT2D eigenvalue weighted by molar-refractivity contribution is 6.33. The van der Waals surface area contributed by atoms with Crippen molar-refractivity contribution in [1.82, 2.24) is 0 Å². The molecule has 0 amide bonds. The summed E-state index contributed by atoms with van der Waals surface area (Å²) in [6, 6.07) is 0. The summed E-state index contributed by atoms with van der Waals surface area (Å²) in [5, 5.41) is 0. The molecule has 0 spiro atoms. The van der Waals surface area contributed by atoms with Crippen molar-refractivity contribution in [3.05, 3.63) is 11.1 Å². The Hall–Kier alpha value is -1.78. The van der Waals surface area contributed by atoms with Crippen LogP contribution < -0.4 is 0 Å². The van der Waals surface area contributed by atoms with Crippen molar-refractivity contribution < 1.29 is 23.9 Å². The Morgan fingerprint density at radius 3 is 2.31 bits per heavy atom. The van der Waals surface area contributed by atoms with Crippen molar-refractivity contribution >= 4 is 23.5 Å². The molecular formula is C8H4O5. The number of carbonyl (C=O) groups is 4. The van der Waals surface area contributed by atoms with E-state index in [-0.39, 0.29) is 29.8 Å². The van der Waals surface area contributed by atoms with E-state index in [1.807, 2.05) is 0 Å². The summed E-state index contributed by atoms with van der Waals surface area (Å²) in [6.45, 7) is 0. The zero-order valence-electron chi connectivity index (χ0n) is 6.46. The zero-order chi connectivity index (χ0) is 9.59. The Balaban J connectivity index is 2.54. The van der Waals surface area contributed by atoms with E-state index in [1.165, 1.54) is 0 Å². The van der Waals surface area contributed by atoms with Crippen LogP contribution in [0.15, 0.2) is 11.1 Å². The van der Waals surface area contributed by atoms with Gasteiger partial charge < -0.3 is 4.74 Å². The van der Waals surface area contributed by atoms with Crippen LogP contribution >= 0.6 is 0 Å². The van der Waals surface area contributed by atoms with E-state index in [4.69, 9.17) is 0 Å². The topological polar surface area (TPSA) is 77.5 Å². The molecular weight excluding hydrogens is 176 g/mol. The lowest BCUT2D eigenvalue weighted by Crippen LogP contribution is -2.20. The lowest BCUT2D eigenvalue weighted by Gasteiger charge is -2.05. The first-order valence-electron chi connectivity index (χ1n) is 3.64. The van der Waals surface area contributed by atoms with E-state index < -0.39 is 17.7 Å². The number of hydrogen-bond donors (Lipinski definition) is 0. The Kier molecular flexibility index (Phi) is 1.42. The predicted octanol–water partition coefficient (Wildman–Crippen LogP) is -0.702. The smallest absolute Gasteiger partial charge is 0.350 e. The van der Waals surface area contributed by atoms with E-state index >= 15 is 0 Å². The second-order valence-electron chi connectivity index (χ2n) is 2.85. The summed E-state index contributed by atoms with van der Waals surface area (Å²) in [7, 11) is 0. The van der Waals surface area contributed by atoms with Gasteiger partial charge in [0.1, 0.15) is 11.4 Å². The number of ether oxygens (including phenoxy) is 1. The molecule has 0 saturated carbocycles. The summed E-state index contributed by atoms with van der Waals surface area (Å²) in [5.74, 6) is -2.74. The van der Waals surface area contributed by atoms with E-state index in [0.717, 1.165) is 0 Å². The summed E-state index contributed by atoms with van der Waals surface area (Å²) in [4.78, 5) is 43.8. The second kappa shape index (κ2) is 2.35. The standard InChI is InChI=1S/C8H4O5/c9-3-1-4-6(5(10)2-3)8(12)13-7(4)11/h1-2H2. The van der Waals surface area contributed by atoms with Crippen LogP contribution in [0.2, 0.25) is 0 Å². The Labute approximate surface area is 72.4 Å². The van der Waals surface area contributed by atoms with Crippen LogP contribution in [0.1, 0.15) is 12.8 Å². The third-order valence-electron chi connectivity index (χ3n) is 1.95. The molecule has 5 heteroatoms. The monoisotopic (exact) mass is 180 g/mol. The van der Waals surface area contributed by atoms with Gasteiger partial charge in [0.15, 0.2) is 5.78 Å². The van der Waals surface area contributed by atoms with Gasteiger partial charge >= 0.3 is 11.9 Å². The molecule has 2 rings (SSSR count). The van der Waals surface area contributed by atoms with Crippen LogP contribution in [-0.4, -0.2) is 23.5 Å². The van der Waals surface area contributed by atoms with E-state index in [9.17, 15) is 19.2 Å². The fourth-order valence-corrected chi connectivity index (χ4v) is 1.39. The molecule has 0 fully saturated rings. The normalized spacial score (nSPS) is 22.2. The molecule has 0 bridgehead atoms. The summed E-state index contributed by atoms with van der Waals surface area (Å²) < 4.78 is 4.20. The van der Waals surface area contributed by atoms with Gasteiger partial charge in [-0.1, -0.05) is 0 Å². The van der Waals surface area contributed by atoms with Crippen molar-refractivity contribution in [2.75, 3.05) is 0 Å². The molecule has 1 heterocycles. The quantitative estimate of drug-likeness (QED) is 0.280. The average Bonchev–Trinajstić information content (AvgIpc) is 2.27. The van der Waals surface area contributed by atoms with Gasteiger partial charge in [0, 0.05) is 6.42 Å². The zero-order valence-corrected chi connectivity index (χ0v) is 6.46. The van der Waals surface area contributed by atoms with Gasteiger partial charge in [-0.15, -0.1) is 0 Å². The van der Waals surface area contributed by atoms with Gasteiger partial charge in [-0.05, 0) is 0 Å². The molecule has 0 radical (unpaired) electrons. The fourth-order valence-electron chi connectivity index (χ4n) is 1.39. The number of Topliss-reactive ketones (excluding diaryl/α,β-unsaturated/α-hetero) is 2. The average molecular weight is 180 g/mol. The molecule has 0 aromatic rings. The fraction of sp³-hybridized carbons (Fsp3) is 0.250. The first-order valence-corrected chi connectivity index (χ1v) is 3.64. The molecule has 13 heavy (non-hydrogen) atoms. The van der Waals surface area contributed by atoms with Crippen LogP contribution in [0.25, 0.3) is 0 Å². The van der Waals surface area contributed by atoms with Crippen LogP contribution in [0, 0.1) is 0 Å². The first kappa shape index (κ1) is 7.85. The Bertz CT molecular complexity index is 387. The van der Waals surface area contributed by atoms with Gasteiger partial charge in [-0.3, -0.25) is 9.59 Å². The molecule has 0 atom stereocenters. The van der Waals surface area contributed by atoms with Crippen LogP contribution in [0.4, 0.5) is 0 Å². The van der Waals surface area contributed by atoms with Crippen LogP contribution in [-0.2, 0) is 23.9 Å². The maximum atomic E-state index is 11.1. The molecule has 0 unspecified atom stereocenters. The minimum atomic E-state index is -0.919. The molecule has 1 aliphatic carbocycles. The number of carbonyl (C=O) groups excluding carboxylic acids is 4. The molecule has 1 aliphatic heterocycles. The van der Waals surface area contributed by atoms with Gasteiger partial charge in [0.25, 0.3) is 0 Å². The molecule has 0 saturated heterocycles. The lowest BCUT2D eigenvalue weighted by molar-refractivity contribution is -0.151. The van der Waals surface area contributed by atoms with Crippen LogP contribution in [0.5, 0.6) is 0 Å². The van der Waals surface area contributed by atoms with Gasteiger partial charge in [0.05, 0.1) is 12.0 Å². The largest absolute Gasteiger partial charge is 0.386 e. The second-order valence-corrected chi connectivity index (χ2v) is 2.85. The highest BCUT2D eigenvalue weighted by Gasteiger charge is 2.41. The number of esters is 2. The molecule has 0 aromatic heterocycles. The number of rotatable bonds is 0. The predicted molar refractivity (Wildman–Crippen MR) is 37.4 cm³/mol.